The van der Waals surface area contributed by atoms with Gasteiger partial charge in [0.25, 0.3) is 0 Å². The molecule has 0 fully saturated rings. The molecule has 0 aliphatic rings. The number of carbonyl (C=O) groups excluding carboxylic acids is 1. The van der Waals surface area contributed by atoms with Crippen molar-refractivity contribution in [2.75, 3.05) is 25.1 Å². The molecule has 2 rings (SSSR count). The Labute approximate surface area is 152 Å². The molecule has 25 heavy (non-hydrogen) atoms. The second kappa shape index (κ2) is 9.34. The lowest BCUT2D eigenvalue weighted by Gasteiger charge is -2.16. The molecule has 0 spiro atoms. The van der Waals surface area contributed by atoms with Crippen LogP contribution in [0.3, 0.4) is 0 Å². The van der Waals surface area contributed by atoms with Crippen LogP contribution in [0.5, 0.6) is 5.75 Å². The molecule has 136 valence electrons. The van der Waals surface area contributed by atoms with Gasteiger partial charge in [0.05, 0.1) is 23.4 Å². The molecule has 7 heteroatoms. The van der Waals surface area contributed by atoms with Crippen molar-refractivity contribution >= 4 is 23.3 Å². The Hall–Kier alpha value is -2.18. The third-order valence-electron chi connectivity index (χ3n) is 3.43. The second-order valence-corrected chi connectivity index (χ2v) is 5.84. The van der Waals surface area contributed by atoms with E-state index in [1.807, 2.05) is 32.9 Å². The standard InChI is InChI=1S/C18H23ClN2O4/c1-4-23-10-11-24-17-14(19)6-5-7-15(17)21-18(22)20-13(3)16-9-8-12(2)25-16/h5-9,13H,4,10-11H2,1-3H3,(H2,20,21,22). The molecule has 0 bridgehead atoms. The number of benzene rings is 1. The number of furan rings is 1. The van der Waals surface area contributed by atoms with Gasteiger partial charge in [0, 0.05) is 6.61 Å². The van der Waals surface area contributed by atoms with Crippen molar-refractivity contribution < 1.29 is 18.7 Å². The molecule has 0 saturated heterocycles. The van der Waals surface area contributed by atoms with Gasteiger partial charge in [-0.15, -0.1) is 0 Å². The number of anilines is 1. The van der Waals surface area contributed by atoms with Gasteiger partial charge in [-0.05, 0) is 45.0 Å². The van der Waals surface area contributed by atoms with E-state index in [2.05, 4.69) is 10.6 Å². The van der Waals surface area contributed by atoms with Crippen molar-refractivity contribution in [2.24, 2.45) is 0 Å². The molecule has 0 radical (unpaired) electrons. The summed E-state index contributed by atoms with van der Waals surface area (Å²) in [5.41, 5.74) is 0.490. The van der Waals surface area contributed by atoms with Crippen LogP contribution in [0.15, 0.2) is 34.7 Å². The van der Waals surface area contributed by atoms with Gasteiger partial charge in [-0.3, -0.25) is 0 Å². The zero-order chi connectivity index (χ0) is 18.2. The van der Waals surface area contributed by atoms with Crippen LogP contribution in [0.1, 0.15) is 31.4 Å². The Morgan fingerprint density at radius 2 is 2.08 bits per heavy atom. The Kier molecular flexibility index (Phi) is 7.16. The van der Waals surface area contributed by atoms with E-state index in [0.29, 0.717) is 42.0 Å². The van der Waals surface area contributed by atoms with Crippen molar-refractivity contribution in [3.05, 3.63) is 46.9 Å². The van der Waals surface area contributed by atoms with Gasteiger partial charge < -0.3 is 24.5 Å². The molecular formula is C18H23ClN2O4. The molecule has 2 aromatic rings. The number of halogens is 1. The van der Waals surface area contributed by atoms with Crippen LogP contribution in [0.2, 0.25) is 5.02 Å². The summed E-state index contributed by atoms with van der Waals surface area (Å²) in [6.45, 7) is 7.01. The Morgan fingerprint density at radius 1 is 1.28 bits per heavy atom. The minimum absolute atomic E-state index is 0.268. The largest absolute Gasteiger partial charge is 0.487 e. The third kappa shape index (κ3) is 5.69. The smallest absolute Gasteiger partial charge is 0.319 e. The van der Waals surface area contributed by atoms with E-state index in [1.54, 1.807) is 18.2 Å². The maximum Gasteiger partial charge on any atom is 0.319 e. The number of amides is 2. The highest BCUT2D eigenvalue weighted by Gasteiger charge is 2.15. The second-order valence-electron chi connectivity index (χ2n) is 5.43. The van der Waals surface area contributed by atoms with Gasteiger partial charge in [-0.25, -0.2) is 4.79 Å². The van der Waals surface area contributed by atoms with Crippen LogP contribution >= 0.6 is 11.6 Å². The molecule has 6 nitrogen and oxygen atoms in total. The summed E-state index contributed by atoms with van der Waals surface area (Å²) < 4.78 is 16.4. The number of aryl methyl sites for hydroxylation is 1. The quantitative estimate of drug-likeness (QED) is 0.673. The molecule has 1 unspecified atom stereocenters. The van der Waals surface area contributed by atoms with Crippen LogP contribution in [-0.2, 0) is 4.74 Å². The van der Waals surface area contributed by atoms with E-state index in [4.69, 9.17) is 25.5 Å². The average Bonchev–Trinajstić information content (AvgIpc) is 3.00. The number of para-hydroxylation sites is 1. The fraction of sp³-hybridized carbons (Fsp3) is 0.389. The lowest BCUT2D eigenvalue weighted by Crippen LogP contribution is -2.31. The molecule has 1 atom stereocenters. The summed E-state index contributed by atoms with van der Waals surface area (Å²) in [5, 5.41) is 5.99. The van der Waals surface area contributed by atoms with E-state index >= 15 is 0 Å². The van der Waals surface area contributed by atoms with Crippen molar-refractivity contribution in [1.29, 1.82) is 0 Å². The molecule has 2 amide bonds. The normalized spacial score (nSPS) is 11.8. The topological polar surface area (TPSA) is 72.7 Å². The van der Waals surface area contributed by atoms with Gasteiger partial charge in [0.1, 0.15) is 18.1 Å². The maximum atomic E-state index is 12.3. The zero-order valence-electron chi connectivity index (χ0n) is 14.6. The van der Waals surface area contributed by atoms with Crippen molar-refractivity contribution in [3.63, 3.8) is 0 Å². The summed E-state index contributed by atoms with van der Waals surface area (Å²) in [7, 11) is 0. The predicted molar refractivity (Wildman–Crippen MR) is 97.5 cm³/mol. The zero-order valence-corrected chi connectivity index (χ0v) is 15.4. The van der Waals surface area contributed by atoms with Gasteiger partial charge in [-0.1, -0.05) is 17.7 Å². The summed E-state index contributed by atoms with van der Waals surface area (Å²) in [5.74, 6) is 1.90. The molecule has 0 saturated carbocycles. The molecule has 1 heterocycles. The maximum absolute atomic E-state index is 12.3. The van der Waals surface area contributed by atoms with Gasteiger partial charge in [0.2, 0.25) is 0 Å². The minimum atomic E-state index is -0.376. The first kappa shape index (κ1) is 19.1. The summed E-state index contributed by atoms with van der Waals surface area (Å²) in [4.78, 5) is 12.3. The van der Waals surface area contributed by atoms with E-state index in [0.717, 1.165) is 5.76 Å². The van der Waals surface area contributed by atoms with Gasteiger partial charge in [0.15, 0.2) is 5.75 Å². The van der Waals surface area contributed by atoms with Gasteiger partial charge in [-0.2, -0.15) is 0 Å². The van der Waals surface area contributed by atoms with Crippen LogP contribution in [0.25, 0.3) is 0 Å². The number of hydrogen-bond donors (Lipinski definition) is 2. The highest BCUT2D eigenvalue weighted by molar-refractivity contribution is 6.32. The molecule has 1 aromatic heterocycles. The van der Waals surface area contributed by atoms with E-state index in [1.165, 1.54) is 0 Å². The van der Waals surface area contributed by atoms with Crippen LogP contribution in [0, 0.1) is 6.92 Å². The number of rotatable bonds is 8. The highest BCUT2D eigenvalue weighted by atomic mass is 35.5. The van der Waals surface area contributed by atoms with E-state index in [9.17, 15) is 4.79 Å². The SMILES string of the molecule is CCOCCOc1c(Cl)cccc1NC(=O)NC(C)c1ccc(C)o1. The average molecular weight is 367 g/mol. The molecular weight excluding hydrogens is 344 g/mol. The molecule has 0 aliphatic heterocycles. The summed E-state index contributed by atoms with van der Waals surface area (Å²) in [6, 6.07) is 8.22. The van der Waals surface area contributed by atoms with Crippen LogP contribution < -0.4 is 15.4 Å². The number of ether oxygens (including phenoxy) is 2. The van der Waals surface area contributed by atoms with Crippen molar-refractivity contribution in [1.82, 2.24) is 5.32 Å². The lowest BCUT2D eigenvalue weighted by atomic mass is 10.2. The first-order chi connectivity index (χ1) is 12.0. The van der Waals surface area contributed by atoms with Crippen molar-refractivity contribution in [2.45, 2.75) is 26.8 Å². The summed E-state index contributed by atoms with van der Waals surface area (Å²) in [6.07, 6.45) is 0. The number of hydrogen-bond acceptors (Lipinski definition) is 4. The minimum Gasteiger partial charge on any atom is -0.487 e. The van der Waals surface area contributed by atoms with Crippen LogP contribution in [-0.4, -0.2) is 25.9 Å². The van der Waals surface area contributed by atoms with Gasteiger partial charge >= 0.3 is 6.03 Å². The monoisotopic (exact) mass is 366 g/mol. The fourth-order valence-electron chi connectivity index (χ4n) is 2.21. The molecule has 1 aromatic carbocycles. The highest BCUT2D eigenvalue weighted by Crippen LogP contribution is 2.33. The predicted octanol–water partition coefficient (Wildman–Crippen LogP) is 4.54. The Bertz CT molecular complexity index is 702. The first-order valence-corrected chi connectivity index (χ1v) is 8.52. The Balaban J connectivity index is 1.98. The van der Waals surface area contributed by atoms with E-state index < -0.39 is 0 Å². The number of carbonyl (C=O) groups is 1. The fourth-order valence-corrected chi connectivity index (χ4v) is 2.44. The van der Waals surface area contributed by atoms with E-state index in [-0.39, 0.29) is 12.1 Å². The summed E-state index contributed by atoms with van der Waals surface area (Å²) >= 11 is 6.18. The first-order valence-electron chi connectivity index (χ1n) is 8.14. The third-order valence-corrected chi connectivity index (χ3v) is 3.73. The van der Waals surface area contributed by atoms with Crippen LogP contribution in [0.4, 0.5) is 10.5 Å². The molecule has 0 aliphatic carbocycles. The lowest BCUT2D eigenvalue weighted by molar-refractivity contribution is 0.110. The Morgan fingerprint density at radius 3 is 2.76 bits per heavy atom. The number of urea groups is 1. The van der Waals surface area contributed by atoms with Crippen molar-refractivity contribution in [3.8, 4) is 5.75 Å². The molecule has 2 N–H and O–H groups in total. The number of nitrogens with one attached hydrogen (secondary N) is 2.